The van der Waals surface area contributed by atoms with Crippen LogP contribution in [0.4, 0.5) is 5.69 Å². The third-order valence-corrected chi connectivity index (χ3v) is 5.72. The molecule has 0 aliphatic rings. The summed E-state index contributed by atoms with van der Waals surface area (Å²) in [6.45, 7) is 4.21. The molecule has 0 radical (unpaired) electrons. The van der Waals surface area contributed by atoms with Crippen molar-refractivity contribution in [1.82, 2.24) is 5.32 Å². The summed E-state index contributed by atoms with van der Waals surface area (Å²) < 4.78 is 31.0. The van der Waals surface area contributed by atoms with E-state index >= 15 is 0 Å². The first kappa shape index (κ1) is 22.3. The average Bonchev–Trinajstić information content (AvgIpc) is 2.63. The van der Waals surface area contributed by atoms with E-state index in [-0.39, 0.29) is 17.3 Å². The van der Waals surface area contributed by atoms with Crippen LogP contribution < -0.4 is 14.4 Å². The Balaban J connectivity index is 2.16. The first-order valence-electron chi connectivity index (χ1n) is 8.57. The smallest absolute Gasteiger partial charge is 0.243 e. The van der Waals surface area contributed by atoms with E-state index in [4.69, 9.17) is 27.9 Å². The average molecular weight is 445 g/mol. The minimum absolute atomic E-state index is 0.153. The molecule has 2 aromatic rings. The van der Waals surface area contributed by atoms with Crippen LogP contribution in [0.2, 0.25) is 10.0 Å². The van der Waals surface area contributed by atoms with Gasteiger partial charge in [0.2, 0.25) is 15.9 Å². The Labute approximate surface area is 175 Å². The zero-order valence-electron chi connectivity index (χ0n) is 15.8. The molecule has 0 bridgehead atoms. The number of nitrogens with zero attached hydrogens (tertiary/aromatic N) is 1. The molecule has 1 amide bonds. The van der Waals surface area contributed by atoms with Crippen molar-refractivity contribution in [2.75, 3.05) is 17.2 Å². The van der Waals surface area contributed by atoms with Crippen LogP contribution in [0.1, 0.15) is 19.4 Å². The van der Waals surface area contributed by atoms with Gasteiger partial charge in [0.05, 0.1) is 23.6 Å². The highest BCUT2D eigenvalue weighted by Gasteiger charge is 2.30. The number of rotatable bonds is 8. The number of anilines is 1. The van der Waals surface area contributed by atoms with Gasteiger partial charge in [0.1, 0.15) is 11.8 Å². The summed E-state index contributed by atoms with van der Waals surface area (Å²) >= 11 is 12.1. The SMILES string of the molecule is CCOc1ccc(CNC(=O)[C@@H](C)N(c2cc(Cl)ccc2Cl)S(C)(=O)=O)cc1. The summed E-state index contributed by atoms with van der Waals surface area (Å²) in [5, 5.41) is 3.24. The highest BCUT2D eigenvalue weighted by molar-refractivity contribution is 7.92. The number of hydrogen-bond acceptors (Lipinski definition) is 4. The molecule has 0 spiro atoms. The van der Waals surface area contributed by atoms with Crippen LogP contribution >= 0.6 is 23.2 Å². The zero-order chi connectivity index (χ0) is 20.9. The van der Waals surface area contributed by atoms with Gasteiger partial charge in [-0.05, 0) is 49.7 Å². The number of amides is 1. The summed E-state index contributed by atoms with van der Waals surface area (Å²) in [5.74, 6) is 0.278. The van der Waals surface area contributed by atoms with Gasteiger partial charge in [0.25, 0.3) is 0 Å². The van der Waals surface area contributed by atoms with Crippen LogP contribution in [0.5, 0.6) is 5.75 Å². The van der Waals surface area contributed by atoms with Gasteiger partial charge in [0, 0.05) is 11.6 Å². The predicted molar refractivity (Wildman–Crippen MR) is 113 cm³/mol. The lowest BCUT2D eigenvalue weighted by Gasteiger charge is -2.29. The van der Waals surface area contributed by atoms with Gasteiger partial charge >= 0.3 is 0 Å². The molecule has 9 heteroatoms. The largest absolute Gasteiger partial charge is 0.494 e. The Hall–Kier alpha value is -1.96. The van der Waals surface area contributed by atoms with Crippen LogP contribution in [0, 0.1) is 0 Å². The fraction of sp³-hybridized carbons (Fsp3) is 0.316. The van der Waals surface area contributed by atoms with E-state index in [1.54, 1.807) is 6.07 Å². The van der Waals surface area contributed by atoms with Crippen molar-refractivity contribution in [3.8, 4) is 5.75 Å². The summed E-state index contributed by atoms with van der Waals surface area (Å²) in [6, 6.07) is 10.7. The van der Waals surface area contributed by atoms with Crippen LogP contribution in [0.3, 0.4) is 0 Å². The number of ether oxygens (including phenoxy) is 1. The Morgan fingerprint density at radius 2 is 1.82 bits per heavy atom. The number of nitrogens with one attached hydrogen (secondary N) is 1. The summed E-state index contributed by atoms with van der Waals surface area (Å²) in [7, 11) is -3.78. The molecular weight excluding hydrogens is 423 g/mol. The number of hydrogen-bond donors (Lipinski definition) is 1. The third-order valence-electron chi connectivity index (χ3n) is 3.94. The quantitative estimate of drug-likeness (QED) is 0.670. The molecule has 0 saturated heterocycles. The third kappa shape index (κ3) is 5.77. The lowest BCUT2D eigenvalue weighted by molar-refractivity contribution is -0.122. The van der Waals surface area contributed by atoms with Gasteiger partial charge in [-0.25, -0.2) is 8.42 Å². The number of carbonyl (C=O) groups is 1. The molecular formula is C19H22Cl2N2O4S. The van der Waals surface area contributed by atoms with Crippen molar-refractivity contribution >= 4 is 44.8 Å². The van der Waals surface area contributed by atoms with Crippen molar-refractivity contribution in [3.63, 3.8) is 0 Å². The highest BCUT2D eigenvalue weighted by atomic mass is 35.5. The zero-order valence-corrected chi connectivity index (χ0v) is 18.1. The van der Waals surface area contributed by atoms with Crippen molar-refractivity contribution < 1.29 is 17.9 Å². The summed E-state index contributed by atoms with van der Waals surface area (Å²) in [4.78, 5) is 12.6. The number of benzene rings is 2. The first-order valence-corrected chi connectivity index (χ1v) is 11.2. The van der Waals surface area contributed by atoms with E-state index in [9.17, 15) is 13.2 Å². The maximum absolute atomic E-state index is 12.6. The monoisotopic (exact) mass is 444 g/mol. The lowest BCUT2D eigenvalue weighted by Crippen LogP contribution is -2.47. The van der Waals surface area contributed by atoms with E-state index in [1.807, 2.05) is 31.2 Å². The Morgan fingerprint density at radius 3 is 2.39 bits per heavy atom. The molecule has 0 fully saturated rings. The maximum Gasteiger partial charge on any atom is 0.243 e. The standard InChI is InChI=1S/C19H22Cl2N2O4S/c1-4-27-16-8-5-14(6-9-16)12-22-19(24)13(2)23(28(3,25)26)18-11-15(20)7-10-17(18)21/h5-11,13H,4,12H2,1-3H3,(H,22,24)/t13-/m1/s1. The summed E-state index contributed by atoms with van der Waals surface area (Å²) in [5.41, 5.74) is 1.01. The molecule has 1 atom stereocenters. The van der Waals surface area contributed by atoms with Gasteiger partial charge in [-0.15, -0.1) is 0 Å². The fourth-order valence-electron chi connectivity index (χ4n) is 2.64. The van der Waals surface area contributed by atoms with Gasteiger partial charge in [-0.2, -0.15) is 0 Å². The predicted octanol–water partition coefficient (Wildman–Crippen LogP) is 3.86. The lowest BCUT2D eigenvalue weighted by atomic mass is 10.2. The molecule has 2 rings (SSSR count). The van der Waals surface area contributed by atoms with E-state index in [2.05, 4.69) is 5.32 Å². The van der Waals surface area contributed by atoms with Gasteiger partial charge in [0.15, 0.2) is 0 Å². The number of sulfonamides is 1. The van der Waals surface area contributed by atoms with Crippen LogP contribution in [-0.4, -0.2) is 33.2 Å². The van der Waals surface area contributed by atoms with Crippen molar-refractivity contribution in [2.24, 2.45) is 0 Å². The second-order valence-electron chi connectivity index (χ2n) is 6.13. The van der Waals surface area contributed by atoms with Crippen molar-refractivity contribution in [2.45, 2.75) is 26.4 Å². The Kier molecular flexibility index (Phi) is 7.57. The molecule has 2 aromatic carbocycles. The van der Waals surface area contributed by atoms with Gasteiger partial charge < -0.3 is 10.1 Å². The van der Waals surface area contributed by atoms with Gasteiger partial charge in [-0.1, -0.05) is 35.3 Å². The molecule has 0 saturated carbocycles. The van der Waals surface area contributed by atoms with E-state index in [0.29, 0.717) is 11.6 Å². The van der Waals surface area contributed by atoms with E-state index in [1.165, 1.54) is 19.1 Å². The molecule has 0 heterocycles. The second-order valence-corrected chi connectivity index (χ2v) is 8.83. The molecule has 0 aromatic heterocycles. The Bertz CT molecular complexity index is 933. The minimum Gasteiger partial charge on any atom is -0.494 e. The normalized spacial score (nSPS) is 12.3. The van der Waals surface area contributed by atoms with E-state index < -0.39 is 22.0 Å². The maximum atomic E-state index is 12.6. The molecule has 28 heavy (non-hydrogen) atoms. The second kappa shape index (κ2) is 9.49. The topological polar surface area (TPSA) is 75.7 Å². The van der Waals surface area contributed by atoms with Crippen LogP contribution in [0.25, 0.3) is 0 Å². The molecule has 6 nitrogen and oxygen atoms in total. The number of halogens is 2. The molecule has 0 aliphatic heterocycles. The van der Waals surface area contributed by atoms with E-state index in [0.717, 1.165) is 21.9 Å². The first-order chi connectivity index (χ1) is 13.1. The summed E-state index contributed by atoms with van der Waals surface area (Å²) in [6.07, 6.45) is 1.01. The van der Waals surface area contributed by atoms with Crippen molar-refractivity contribution in [1.29, 1.82) is 0 Å². The minimum atomic E-state index is -3.78. The molecule has 152 valence electrons. The molecule has 0 unspecified atom stereocenters. The highest BCUT2D eigenvalue weighted by Crippen LogP contribution is 2.32. The Morgan fingerprint density at radius 1 is 1.18 bits per heavy atom. The molecule has 0 aliphatic carbocycles. The van der Waals surface area contributed by atoms with Gasteiger partial charge in [-0.3, -0.25) is 9.10 Å². The fourth-order valence-corrected chi connectivity index (χ4v) is 4.25. The van der Waals surface area contributed by atoms with Crippen LogP contribution in [0.15, 0.2) is 42.5 Å². The van der Waals surface area contributed by atoms with Crippen LogP contribution in [-0.2, 0) is 21.4 Å². The molecule has 1 N–H and O–H groups in total. The van der Waals surface area contributed by atoms with Crippen molar-refractivity contribution in [3.05, 3.63) is 58.1 Å². The number of carbonyl (C=O) groups excluding carboxylic acids is 1.